The molecule has 0 bridgehead atoms. The Bertz CT molecular complexity index is 258. The number of hydrogen-bond acceptors (Lipinski definition) is 3. The zero-order chi connectivity index (χ0) is 8.97. The van der Waals surface area contributed by atoms with Gasteiger partial charge in [0.1, 0.15) is 12.1 Å². The molecule has 0 aliphatic carbocycles. The third kappa shape index (κ3) is 1.72. The Morgan fingerprint density at radius 1 is 1.33 bits per heavy atom. The van der Waals surface area contributed by atoms with Crippen molar-refractivity contribution < 1.29 is 0 Å². The monoisotopic (exact) mass is 165 g/mol. The van der Waals surface area contributed by atoms with Gasteiger partial charge >= 0.3 is 0 Å². The van der Waals surface area contributed by atoms with Crippen molar-refractivity contribution in [2.75, 3.05) is 11.9 Å². The first-order valence-corrected chi connectivity index (χ1v) is 4.33. The molecule has 66 valence electrons. The van der Waals surface area contributed by atoms with Crippen LogP contribution in [0.2, 0.25) is 0 Å². The van der Waals surface area contributed by atoms with Crippen molar-refractivity contribution in [2.45, 2.75) is 27.2 Å². The van der Waals surface area contributed by atoms with E-state index >= 15 is 0 Å². The fourth-order valence-electron chi connectivity index (χ4n) is 1.19. The summed E-state index contributed by atoms with van der Waals surface area (Å²) < 4.78 is 0. The molecule has 12 heavy (non-hydrogen) atoms. The van der Waals surface area contributed by atoms with Gasteiger partial charge in [0.05, 0.1) is 0 Å². The largest absolute Gasteiger partial charge is 0.370 e. The van der Waals surface area contributed by atoms with Gasteiger partial charge in [0.25, 0.3) is 0 Å². The molecule has 1 rings (SSSR count). The molecule has 1 aromatic heterocycles. The molecule has 0 spiro atoms. The molecule has 0 aliphatic rings. The molecule has 1 N–H and O–H groups in total. The number of nitrogens with one attached hydrogen (secondary N) is 1. The van der Waals surface area contributed by atoms with Crippen molar-refractivity contribution in [1.82, 2.24) is 9.97 Å². The van der Waals surface area contributed by atoms with E-state index in [0.29, 0.717) is 0 Å². The van der Waals surface area contributed by atoms with Gasteiger partial charge in [-0.1, -0.05) is 6.92 Å². The molecular formula is C9H15N3. The van der Waals surface area contributed by atoms with Gasteiger partial charge in [-0.15, -0.1) is 0 Å². The quantitative estimate of drug-likeness (QED) is 0.741. The van der Waals surface area contributed by atoms with Crippen molar-refractivity contribution in [3.8, 4) is 0 Å². The third-order valence-corrected chi connectivity index (χ3v) is 1.87. The van der Waals surface area contributed by atoms with E-state index in [1.807, 2.05) is 0 Å². The first-order chi connectivity index (χ1) is 5.79. The third-order valence-electron chi connectivity index (χ3n) is 1.87. The molecule has 3 nitrogen and oxygen atoms in total. The van der Waals surface area contributed by atoms with E-state index in [1.165, 1.54) is 5.56 Å². The molecule has 0 radical (unpaired) electrons. The lowest BCUT2D eigenvalue weighted by atomic mass is 10.2. The van der Waals surface area contributed by atoms with E-state index in [-0.39, 0.29) is 0 Å². The lowest BCUT2D eigenvalue weighted by Gasteiger charge is -2.07. The van der Waals surface area contributed by atoms with Crippen LogP contribution >= 0.6 is 0 Å². The van der Waals surface area contributed by atoms with Crippen molar-refractivity contribution >= 4 is 5.82 Å². The van der Waals surface area contributed by atoms with Gasteiger partial charge in [-0.25, -0.2) is 9.97 Å². The summed E-state index contributed by atoms with van der Waals surface area (Å²) in [6.07, 6.45) is 2.58. The normalized spacial score (nSPS) is 9.92. The van der Waals surface area contributed by atoms with Crippen molar-refractivity contribution in [1.29, 1.82) is 0 Å². The average Bonchev–Trinajstić information content (AvgIpc) is 2.09. The number of anilines is 1. The maximum Gasteiger partial charge on any atom is 0.132 e. The summed E-state index contributed by atoms with van der Waals surface area (Å²) in [5.41, 5.74) is 2.29. The van der Waals surface area contributed by atoms with Crippen LogP contribution in [0, 0.1) is 6.92 Å². The summed E-state index contributed by atoms with van der Waals surface area (Å²) in [7, 11) is 0. The van der Waals surface area contributed by atoms with Crippen LogP contribution in [0.3, 0.4) is 0 Å². The fourth-order valence-corrected chi connectivity index (χ4v) is 1.19. The van der Waals surface area contributed by atoms with Crippen LogP contribution in [0.4, 0.5) is 5.82 Å². The SMILES string of the molecule is CCNc1ncnc(CC)c1C. The molecule has 0 aromatic carbocycles. The van der Waals surface area contributed by atoms with Crippen LogP contribution in [0.5, 0.6) is 0 Å². The number of nitrogens with zero attached hydrogens (tertiary/aromatic N) is 2. The van der Waals surface area contributed by atoms with E-state index in [1.54, 1.807) is 6.33 Å². The van der Waals surface area contributed by atoms with Crippen molar-refractivity contribution in [3.05, 3.63) is 17.6 Å². The molecule has 0 amide bonds. The van der Waals surface area contributed by atoms with E-state index in [2.05, 4.69) is 36.1 Å². The summed E-state index contributed by atoms with van der Waals surface area (Å²) >= 11 is 0. The highest BCUT2D eigenvalue weighted by molar-refractivity contribution is 5.44. The highest BCUT2D eigenvalue weighted by Crippen LogP contribution is 2.13. The predicted octanol–water partition coefficient (Wildman–Crippen LogP) is 1.78. The predicted molar refractivity (Wildman–Crippen MR) is 50.3 cm³/mol. The highest BCUT2D eigenvalue weighted by Gasteiger charge is 2.02. The number of aromatic nitrogens is 2. The lowest BCUT2D eigenvalue weighted by molar-refractivity contribution is 0.964. The van der Waals surface area contributed by atoms with Crippen LogP contribution in [-0.2, 0) is 6.42 Å². The average molecular weight is 165 g/mol. The molecule has 0 saturated heterocycles. The van der Waals surface area contributed by atoms with Gasteiger partial charge in [0.2, 0.25) is 0 Å². The van der Waals surface area contributed by atoms with E-state index < -0.39 is 0 Å². The Morgan fingerprint density at radius 2 is 2.08 bits per heavy atom. The van der Waals surface area contributed by atoms with E-state index in [4.69, 9.17) is 0 Å². The topological polar surface area (TPSA) is 37.8 Å². The summed E-state index contributed by atoms with van der Waals surface area (Å²) in [6, 6.07) is 0. The molecule has 0 saturated carbocycles. The van der Waals surface area contributed by atoms with Crippen LogP contribution < -0.4 is 5.32 Å². The summed E-state index contributed by atoms with van der Waals surface area (Å²) in [4.78, 5) is 8.34. The maximum absolute atomic E-state index is 4.19. The molecule has 1 heterocycles. The molecule has 0 aliphatic heterocycles. The van der Waals surface area contributed by atoms with Crippen LogP contribution in [-0.4, -0.2) is 16.5 Å². The lowest BCUT2D eigenvalue weighted by Crippen LogP contribution is -2.04. The smallest absolute Gasteiger partial charge is 0.132 e. The Morgan fingerprint density at radius 3 is 2.67 bits per heavy atom. The zero-order valence-corrected chi connectivity index (χ0v) is 7.89. The molecule has 0 atom stereocenters. The van der Waals surface area contributed by atoms with Gasteiger partial charge in [-0.3, -0.25) is 0 Å². The van der Waals surface area contributed by atoms with E-state index in [0.717, 1.165) is 24.5 Å². The second-order valence-corrected chi connectivity index (χ2v) is 2.68. The fraction of sp³-hybridized carbons (Fsp3) is 0.556. The Labute approximate surface area is 73.2 Å². The number of aryl methyl sites for hydroxylation is 1. The first-order valence-electron chi connectivity index (χ1n) is 4.33. The van der Waals surface area contributed by atoms with Gasteiger partial charge in [0, 0.05) is 17.8 Å². The summed E-state index contributed by atoms with van der Waals surface area (Å²) in [5.74, 6) is 0.962. The van der Waals surface area contributed by atoms with Gasteiger partial charge in [-0.05, 0) is 20.3 Å². The maximum atomic E-state index is 4.19. The van der Waals surface area contributed by atoms with Gasteiger partial charge in [0.15, 0.2) is 0 Å². The molecule has 1 aromatic rings. The minimum absolute atomic E-state index is 0.904. The summed E-state index contributed by atoms with van der Waals surface area (Å²) in [5, 5.41) is 3.20. The number of rotatable bonds is 3. The van der Waals surface area contributed by atoms with Crippen molar-refractivity contribution in [2.24, 2.45) is 0 Å². The molecule has 0 fully saturated rings. The van der Waals surface area contributed by atoms with E-state index in [9.17, 15) is 0 Å². The Hall–Kier alpha value is -1.12. The van der Waals surface area contributed by atoms with Crippen LogP contribution in [0.25, 0.3) is 0 Å². The Balaban J connectivity index is 2.97. The first kappa shape index (κ1) is 8.97. The molecular weight excluding hydrogens is 150 g/mol. The Kier molecular flexibility index (Phi) is 3.02. The standard InChI is InChI=1S/C9H15N3/c1-4-8-7(3)9(10-5-2)12-6-11-8/h6H,4-5H2,1-3H3,(H,10,11,12). The minimum atomic E-state index is 0.904. The highest BCUT2D eigenvalue weighted by atomic mass is 15.0. The van der Waals surface area contributed by atoms with Crippen LogP contribution in [0.15, 0.2) is 6.33 Å². The van der Waals surface area contributed by atoms with Crippen molar-refractivity contribution in [3.63, 3.8) is 0 Å². The zero-order valence-electron chi connectivity index (χ0n) is 7.89. The second kappa shape index (κ2) is 4.04. The van der Waals surface area contributed by atoms with Crippen LogP contribution in [0.1, 0.15) is 25.1 Å². The molecule has 3 heteroatoms. The molecule has 0 unspecified atom stereocenters. The second-order valence-electron chi connectivity index (χ2n) is 2.68. The number of hydrogen-bond donors (Lipinski definition) is 1. The van der Waals surface area contributed by atoms with Gasteiger partial charge in [-0.2, -0.15) is 0 Å². The van der Waals surface area contributed by atoms with Gasteiger partial charge < -0.3 is 5.32 Å². The minimum Gasteiger partial charge on any atom is -0.370 e. The summed E-state index contributed by atoms with van der Waals surface area (Å²) in [6.45, 7) is 7.12.